The Morgan fingerprint density at radius 3 is 2.68 bits per heavy atom. The fourth-order valence-electron chi connectivity index (χ4n) is 2.79. The molecule has 2 aromatic carbocycles. The van der Waals surface area contributed by atoms with E-state index in [9.17, 15) is 4.79 Å². The largest absolute Gasteiger partial charge is 0.486 e. The Morgan fingerprint density at radius 1 is 0.964 bits per heavy atom. The molecular weight excluding hydrogens is 356 g/mol. The van der Waals surface area contributed by atoms with Gasteiger partial charge >= 0.3 is 0 Å². The van der Waals surface area contributed by atoms with Crippen LogP contribution >= 0.6 is 0 Å². The first-order valence-corrected chi connectivity index (χ1v) is 8.64. The molecule has 0 bridgehead atoms. The minimum Gasteiger partial charge on any atom is -0.486 e. The van der Waals surface area contributed by atoms with E-state index in [0.717, 1.165) is 5.69 Å². The average molecular weight is 372 g/mol. The van der Waals surface area contributed by atoms with Gasteiger partial charge in [0, 0.05) is 23.6 Å². The van der Waals surface area contributed by atoms with Gasteiger partial charge in [-0.25, -0.2) is 0 Å². The molecular formula is C21H16N4O3. The summed E-state index contributed by atoms with van der Waals surface area (Å²) in [6, 6.07) is 16.1. The Kier molecular flexibility index (Phi) is 4.76. The Morgan fingerprint density at radius 2 is 1.82 bits per heavy atom. The Labute approximate surface area is 161 Å². The third-order valence-electron chi connectivity index (χ3n) is 4.08. The van der Waals surface area contributed by atoms with Crippen LogP contribution < -0.4 is 20.1 Å². The van der Waals surface area contributed by atoms with Crippen molar-refractivity contribution in [2.24, 2.45) is 0 Å². The van der Waals surface area contributed by atoms with Crippen LogP contribution in [0.25, 0.3) is 0 Å². The number of nitrogens with zero attached hydrogens (tertiary/aromatic N) is 2. The number of nitriles is 1. The monoisotopic (exact) mass is 372 g/mol. The van der Waals surface area contributed by atoms with Gasteiger partial charge in [-0.15, -0.1) is 0 Å². The number of hydrogen-bond donors (Lipinski definition) is 2. The summed E-state index contributed by atoms with van der Waals surface area (Å²) < 4.78 is 11.0. The lowest BCUT2D eigenvalue weighted by molar-refractivity contribution is 0.102. The maximum Gasteiger partial charge on any atom is 0.257 e. The van der Waals surface area contributed by atoms with Crippen LogP contribution in [0.3, 0.4) is 0 Å². The highest BCUT2D eigenvalue weighted by molar-refractivity contribution is 6.04. The van der Waals surface area contributed by atoms with Gasteiger partial charge < -0.3 is 20.1 Å². The number of carbonyl (C=O) groups excluding carboxylic acids is 1. The van der Waals surface area contributed by atoms with Crippen molar-refractivity contribution in [3.8, 4) is 17.6 Å². The molecule has 4 rings (SSSR count). The van der Waals surface area contributed by atoms with E-state index < -0.39 is 0 Å². The average Bonchev–Trinajstić information content (AvgIpc) is 2.74. The summed E-state index contributed by atoms with van der Waals surface area (Å²) in [5.74, 6) is 0.977. The Bertz CT molecular complexity index is 1080. The van der Waals surface area contributed by atoms with Crippen LogP contribution in [-0.4, -0.2) is 24.1 Å². The number of amides is 1. The van der Waals surface area contributed by atoms with Gasteiger partial charge in [-0.1, -0.05) is 6.07 Å². The molecule has 0 aliphatic carbocycles. The first kappa shape index (κ1) is 17.4. The third-order valence-corrected chi connectivity index (χ3v) is 4.08. The van der Waals surface area contributed by atoms with Crippen molar-refractivity contribution in [2.75, 3.05) is 23.8 Å². The zero-order chi connectivity index (χ0) is 19.3. The number of rotatable bonds is 4. The first-order valence-electron chi connectivity index (χ1n) is 8.64. The molecule has 0 fully saturated rings. The molecule has 0 unspecified atom stereocenters. The molecule has 7 nitrogen and oxygen atoms in total. The second-order valence-electron chi connectivity index (χ2n) is 6.09. The number of nitrogens with one attached hydrogen (secondary N) is 2. The van der Waals surface area contributed by atoms with Crippen LogP contribution in [0.15, 0.2) is 60.9 Å². The highest BCUT2D eigenvalue weighted by Gasteiger charge is 2.14. The van der Waals surface area contributed by atoms with Crippen molar-refractivity contribution >= 4 is 23.0 Å². The fourth-order valence-corrected chi connectivity index (χ4v) is 2.79. The molecule has 1 aliphatic rings. The van der Waals surface area contributed by atoms with E-state index in [4.69, 9.17) is 14.7 Å². The van der Waals surface area contributed by atoms with Crippen molar-refractivity contribution in [1.29, 1.82) is 5.26 Å². The normalized spacial score (nSPS) is 12.0. The van der Waals surface area contributed by atoms with Gasteiger partial charge in [0.25, 0.3) is 5.91 Å². The summed E-state index contributed by atoms with van der Waals surface area (Å²) in [7, 11) is 0. The smallest absolute Gasteiger partial charge is 0.257 e. The lowest BCUT2D eigenvalue weighted by atomic mass is 10.2. The van der Waals surface area contributed by atoms with Crippen LogP contribution in [0.1, 0.15) is 15.9 Å². The van der Waals surface area contributed by atoms with Crippen LogP contribution in [-0.2, 0) is 0 Å². The zero-order valence-corrected chi connectivity index (χ0v) is 14.8. The SMILES string of the molecule is N#Cc1cccc(Nc2cncc(C(=O)Nc3ccc4c(c3)OCCO4)c2)c1. The van der Waals surface area contributed by atoms with E-state index in [0.29, 0.717) is 47.2 Å². The summed E-state index contributed by atoms with van der Waals surface area (Å²) in [5.41, 5.74) is 2.94. The molecule has 2 heterocycles. The predicted octanol–water partition coefficient (Wildman–Crippen LogP) is 3.72. The number of anilines is 3. The second kappa shape index (κ2) is 7.68. The molecule has 1 aliphatic heterocycles. The molecule has 2 N–H and O–H groups in total. The van der Waals surface area contributed by atoms with Crippen LogP contribution in [0, 0.1) is 11.3 Å². The molecule has 3 aromatic rings. The highest BCUT2D eigenvalue weighted by Crippen LogP contribution is 2.32. The highest BCUT2D eigenvalue weighted by atomic mass is 16.6. The van der Waals surface area contributed by atoms with E-state index in [1.165, 1.54) is 6.20 Å². The molecule has 0 radical (unpaired) electrons. The van der Waals surface area contributed by atoms with E-state index in [-0.39, 0.29) is 5.91 Å². The van der Waals surface area contributed by atoms with Gasteiger partial charge in [-0.05, 0) is 36.4 Å². The summed E-state index contributed by atoms with van der Waals surface area (Å²) in [6.45, 7) is 0.997. The van der Waals surface area contributed by atoms with Gasteiger partial charge in [0.2, 0.25) is 0 Å². The summed E-state index contributed by atoms with van der Waals surface area (Å²) in [5, 5.41) is 15.0. The number of hydrogen-bond acceptors (Lipinski definition) is 6. The van der Waals surface area contributed by atoms with Gasteiger partial charge in [-0.3, -0.25) is 9.78 Å². The van der Waals surface area contributed by atoms with Crippen LogP contribution in [0.5, 0.6) is 11.5 Å². The molecule has 1 amide bonds. The lowest BCUT2D eigenvalue weighted by Crippen LogP contribution is -2.16. The van der Waals surface area contributed by atoms with Gasteiger partial charge in [0.05, 0.1) is 29.1 Å². The summed E-state index contributed by atoms with van der Waals surface area (Å²) in [6.07, 6.45) is 3.10. The molecule has 7 heteroatoms. The number of aromatic nitrogens is 1. The fraction of sp³-hybridized carbons (Fsp3) is 0.0952. The topological polar surface area (TPSA) is 96.3 Å². The molecule has 28 heavy (non-hydrogen) atoms. The minimum atomic E-state index is -0.293. The molecule has 0 atom stereocenters. The number of fused-ring (bicyclic) bond motifs is 1. The molecule has 1 aromatic heterocycles. The molecule has 138 valence electrons. The zero-order valence-electron chi connectivity index (χ0n) is 14.8. The molecule has 0 saturated heterocycles. The summed E-state index contributed by atoms with van der Waals surface area (Å²) >= 11 is 0. The van der Waals surface area contributed by atoms with Crippen molar-refractivity contribution in [3.05, 3.63) is 72.1 Å². The van der Waals surface area contributed by atoms with E-state index in [2.05, 4.69) is 21.7 Å². The van der Waals surface area contributed by atoms with E-state index >= 15 is 0 Å². The Balaban J connectivity index is 1.49. The first-order chi connectivity index (χ1) is 13.7. The maximum atomic E-state index is 12.6. The van der Waals surface area contributed by atoms with E-state index in [1.54, 1.807) is 48.7 Å². The number of ether oxygens (including phenoxy) is 2. The number of benzene rings is 2. The Hall–Kier alpha value is -4.05. The molecule has 0 saturated carbocycles. The molecule has 0 spiro atoms. The van der Waals surface area contributed by atoms with Crippen molar-refractivity contribution in [3.63, 3.8) is 0 Å². The van der Waals surface area contributed by atoms with Gasteiger partial charge in [0.1, 0.15) is 13.2 Å². The van der Waals surface area contributed by atoms with Crippen molar-refractivity contribution in [2.45, 2.75) is 0 Å². The number of pyridine rings is 1. The number of carbonyl (C=O) groups is 1. The van der Waals surface area contributed by atoms with E-state index in [1.807, 2.05) is 6.07 Å². The van der Waals surface area contributed by atoms with Crippen LogP contribution in [0.4, 0.5) is 17.1 Å². The maximum absolute atomic E-state index is 12.6. The predicted molar refractivity (Wildman–Crippen MR) is 104 cm³/mol. The van der Waals surface area contributed by atoms with Crippen molar-refractivity contribution in [1.82, 2.24) is 4.98 Å². The van der Waals surface area contributed by atoms with Gasteiger partial charge in [-0.2, -0.15) is 5.26 Å². The van der Waals surface area contributed by atoms with Gasteiger partial charge in [0.15, 0.2) is 11.5 Å². The van der Waals surface area contributed by atoms with Crippen LogP contribution in [0.2, 0.25) is 0 Å². The minimum absolute atomic E-state index is 0.293. The summed E-state index contributed by atoms with van der Waals surface area (Å²) in [4.78, 5) is 16.7. The lowest BCUT2D eigenvalue weighted by Gasteiger charge is -2.19. The van der Waals surface area contributed by atoms with Crippen molar-refractivity contribution < 1.29 is 14.3 Å². The third kappa shape index (κ3) is 3.86. The quantitative estimate of drug-likeness (QED) is 0.725. The second-order valence-corrected chi connectivity index (χ2v) is 6.09. The standard InChI is InChI=1S/C21H16N4O3/c22-11-14-2-1-3-16(8-14)24-18-9-15(12-23-13-18)21(26)25-17-4-5-19-20(10-17)28-7-6-27-19/h1-5,8-10,12-13,24H,6-7H2,(H,25,26).